The predicted octanol–water partition coefficient (Wildman–Crippen LogP) is 2.64. The van der Waals surface area contributed by atoms with Gasteiger partial charge >= 0.3 is 0 Å². The standard InChI is InChI=1S/C20H26ClN5O3S2/c1-15-14-30-20(23-15)25-9-3-8-24(12-13-25)19(27)16-5-10-26(11-6-16)31(28,29)17-4-2-7-22-18(17)21/h2,4,7,14,16H,3,5-6,8-13H2,1H3. The molecule has 168 valence electrons. The van der Waals surface area contributed by atoms with Gasteiger partial charge in [-0.15, -0.1) is 11.3 Å². The van der Waals surface area contributed by atoms with E-state index >= 15 is 0 Å². The van der Waals surface area contributed by atoms with E-state index in [1.807, 2.05) is 17.2 Å². The van der Waals surface area contributed by atoms with E-state index in [-0.39, 0.29) is 21.9 Å². The number of pyridine rings is 1. The molecule has 2 saturated heterocycles. The second-order valence-electron chi connectivity index (χ2n) is 7.91. The summed E-state index contributed by atoms with van der Waals surface area (Å²) in [5.74, 6) is -0.0156. The van der Waals surface area contributed by atoms with Crippen LogP contribution < -0.4 is 4.90 Å². The van der Waals surface area contributed by atoms with Gasteiger partial charge in [0.15, 0.2) is 5.13 Å². The highest BCUT2D eigenvalue weighted by atomic mass is 35.5. The third-order valence-corrected chi connectivity index (χ3v) is 9.19. The van der Waals surface area contributed by atoms with Gasteiger partial charge in [0.2, 0.25) is 15.9 Å². The lowest BCUT2D eigenvalue weighted by Gasteiger charge is -2.33. The van der Waals surface area contributed by atoms with Crippen molar-refractivity contribution in [2.75, 3.05) is 44.2 Å². The largest absolute Gasteiger partial charge is 0.346 e. The minimum absolute atomic E-state index is 0.0199. The minimum Gasteiger partial charge on any atom is -0.346 e. The molecule has 0 saturated carbocycles. The fraction of sp³-hybridized carbons (Fsp3) is 0.550. The number of carbonyl (C=O) groups is 1. The van der Waals surface area contributed by atoms with E-state index in [0.29, 0.717) is 32.5 Å². The molecular formula is C20H26ClN5O3S2. The molecule has 2 aromatic heterocycles. The molecule has 8 nitrogen and oxygen atoms in total. The number of carbonyl (C=O) groups excluding carboxylic acids is 1. The summed E-state index contributed by atoms with van der Waals surface area (Å²) in [4.78, 5) is 25.8. The van der Waals surface area contributed by atoms with E-state index in [1.165, 1.54) is 16.6 Å². The molecule has 11 heteroatoms. The Kier molecular flexibility index (Phi) is 6.80. The van der Waals surface area contributed by atoms with Crippen LogP contribution in [-0.4, -0.2) is 72.8 Å². The first-order chi connectivity index (χ1) is 14.9. The van der Waals surface area contributed by atoms with E-state index in [0.717, 1.165) is 36.9 Å². The van der Waals surface area contributed by atoms with Crippen LogP contribution in [0, 0.1) is 12.8 Å². The van der Waals surface area contributed by atoms with Crippen LogP contribution in [0.4, 0.5) is 5.13 Å². The number of hydrogen-bond acceptors (Lipinski definition) is 7. The monoisotopic (exact) mass is 483 g/mol. The van der Waals surface area contributed by atoms with Crippen molar-refractivity contribution in [2.45, 2.75) is 31.1 Å². The predicted molar refractivity (Wildman–Crippen MR) is 121 cm³/mol. The molecule has 4 rings (SSSR count). The molecule has 0 aromatic carbocycles. The van der Waals surface area contributed by atoms with Crippen LogP contribution in [0.5, 0.6) is 0 Å². The topological polar surface area (TPSA) is 86.7 Å². The van der Waals surface area contributed by atoms with Crippen LogP contribution in [0.3, 0.4) is 0 Å². The summed E-state index contributed by atoms with van der Waals surface area (Å²) in [6.45, 7) is 5.66. The Morgan fingerprint density at radius 1 is 1.16 bits per heavy atom. The fourth-order valence-electron chi connectivity index (χ4n) is 4.12. The number of aromatic nitrogens is 2. The summed E-state index contributed by atoms with van der Waals surface area (Å²) in [5.41, 5.74) is 1.02. The molecule has 2 aromatic rings. The number of anilines is 1. The van der Waals surface area contributed by atoms with Crippen LogP contribution in [0.2, 0.25) is 5.15 Å². The number of amides is 1. The van der Waals surface area contributed by atoms with Crippen LogP contribution in [0.25, 0.3) is 0 Å². The Morgan fingerprint density at radius 3 is 2.61 bits per heavy atom. The van der Waals surface area contributed by atoms with E-state index < -0.39 is 10.0 Å². The lowest BCUT2D eigenvalue weighted by Crippen LogP contribution is -2.45. The Bertz CT molecular complexity index is 1040. The van der Waals surface area contributed by atoms with Gasteiger partial charge in [-0.1, -0.05) is 11.6 Å². The fourth-order valence-corrected chi connectivity index (χ4v) is 6.87. The second kappa shape index (κ2) is 9.40. The van der Waals surface area contributed by atoms with E-state index in [2.05, 4.69) is 14.9 Å². The normalized spacial score (nSPS) is 19.4. The molecule has 2 aliphatic heterocycles. The molecule has 0 radical (unpaired) electrons. The average Bonchev–Trinajstić information content (AvgIpc) is 3.05. The van der Waals surface area contributed by atoms with Crippen LogP contribution in [0.1, 0.15) is 25.0 Å². The summed E-state index contributed by atoms with van der Waals surface area (Å²) >= 11 is 7.64. The van der Waals surface area contributed by atoms with Gasteiger partial charge in [0, 0.05) is 56.8 Å². The molecule has 2 fully saturated rings. The molecule has 0 spiro atoms. The highest BCUT2D eigenvalue weighted by molar-refractivity contribution is 7.89. The van der Waals surface area contributed by atoms with E-state index in [1.54, 1.807) is 17.4 Å². The zero-order valence-electron chi connectivity index (χ0n) is 17.4. The molecule has 31 heavy (non-hydrogen) atoms. The van der Waals surface area contributed by atoms with Gasteiger partial charge in [-0.05, 0) is 38.3 Å². The first kappa shape index (κ1) is 22.4. The highest BCUT2D eigenvalue weighted by Gasteiger charge is 2.35. The van der Waals surface area contributed by atoms with E-state index in [4.69, 9.17) is 11.6 Å². The first-order valence-electron chi connectivity index (χ1n) is 10.4. The smallest absolute Gasteiger partial charge is 0.246 e. The SMILES string of the molecule is Cc1csc(N2CCCN(C(=O)C3CCN(S(=O)(=O)c4cccnc4Cl)CC3)CC2)n1. The molecule has 0 N–H and O–H groups in total. The molecule has 0 bridgehead atoms. The Labute approximate surface area is 191 Å². The first-order valence-corrected chi connectivity index (χ1v) is 13.1. The summed E-state index contributed by atoms with van der Waals surface area (Å²) in [6, 6.07) is 3.03. The zero-order valence-corrected chi connectivity index (χ0v) is 19.8. The maximum atomic E-state index is 13.1. The Hall–Kier alpha value is -1.75. The zero-order chi connectivity index (χ0) is 22.0. The highest BCUT2D eigenvalue weighted by Crippen LogP contribution is 2.28. The van der Waals surface area contributed by atoms with Crippen molar-refractivity contribution in [2.24, 2.45) is 5.92 Å². The van der Waals surface area contributed by atoms with Crippen LogP contribution in [-0.2, 0) is 14.8 Å². The number of sulfonamides is 1. The van der Waals surface area contributed by atoms with Crippen LogP contribution >= 0.6 is 22.9 Å². The lowest BCUT2D eigenvalue weighted by atomic mass is 9.96. The molecule has 0 unspecified atom stereocenters. The third-order valence-electron chi connectivity index (χ3n) is 5.83. The molecular weight excluding hydrogens is 458 g/mol. The third kappa shape index (κ3) is 4.87. The summed E-state index contributed by atoms with van der Waals surface area (Å²) < 4.78 is 27.2. The van der Waals surface area contributed by atoms with Crippen molar-refractivity contribution in [3.05, 3.63) is 34.6 Å². The van der Waals surface area contributed by atoms with Crippen molar-refractivity contribution in [1.82, 2.24) is 19.2 Å². The summed E-state index contributed by atoms with van der Waals surface area (Å²) in [7, 11) is -3.71. The molecule has 4 heterocycles. The summed E-state index contributed by atoms with van der Waals surface area (Å²) in [5, 5.41) is 3.04. The Balaban J connectivity index is 1.34. The molecule has 2 aliphatic rings. The number of aryl methyl sites for hydroxylation is 1. The minimum atomic E-state index is -3.71. The average molecular weight is 484 g/mol. The van der Waals surface area contributed by atoms with Gasteiger partial charge in [0.25, 0.3) is 0 Å². The number of piperidine rings is 1. The number of halogens is 1. The number of thiazole rings is 1. The number of hydrogen-bond donors (Lipinski definition) is 0. The number of rotatable bonds is 4. The summed E-state index contributed by atoms with van der Waals surface area (Å²) in [6.07, 6.45) is 3.39. The number of nitrogens with zero attached hydrogens (tertiary/aromatic N) is 5. The van der Waals surface area contributed by atoms with Gasteiger partial charge < -0.3 is 9.80 Å². The van der Waals surface area contributed by atoms with E-state index in [9.17, 15) is 13.2 Å². The molecule has 0 atom stereocenters. The maximum absolute atomic E-state index is 13.1. The van der Waals surface area contributed by atoms with Gasteiger partial charge in [-0.2, -0.15) is 4.31 Å². The molecule has 1 amide bonds. The quantitative estimate of drug-likeness (QED) is 0.621. The van der Waals surface area contributed by atoms with Crippen molar-refractivity contribution < 1.29 is 13.2 Å². The second-order valence-corrected chi connectivity index (χ2v) is 11.0. The van der Waals surface area contributed by atoms with Gasteiger partial charge in [-0.3, -0.25) is 4.79 Å². The maximum Gasteiger partial charge on any atom is 0.246 e. The van der Waals surface area contributed by atoms with Crippen molar-refractivity contribution in [3.63, 3.8) is 0 Å². The van der Waals surface area contributed by atoms with Crippen molar-refractivity contribution >= 4 is 44.0 Å². The van der Waals surface area contributed by atoms with Crippen LogP contribution in [0.15, 0.2) is 28.6 Å². The van der Waals surface area contributed by atoms with Gasteiger partial charge in [-0.25, -0.2) is 18.4 Å². The van der Waals surface area contributed by atoms with Crippen molar-refractivity contribution in [3.8, 4) is 0 Å². The Morgan fingerprint density at radius 2 is 1.94 bits per heavy atom. The molecule has 0 aliphatic carbocycles. The van der Waals surface area contributed by atoms with Gasteiger partial charge in [0.1, 0.15) is 10.0 Å². The van der Waals surface area contributed by atoms with Crippen molar-refractivity contribution in [1.29, 1.82) is 0 Å². The lowest BCUT2D eigenvalue weighted by molar-refractivity contribution is -0.136. The van der Waals surface area contributed by atoms with Gasteiger partial charge in [0.05, 0.1) is 5.69 Å².